The fourth-order valence-electron chi connectivity index (χ4n) is 2.08. The minimum atomic E-state index is -0.980. The van der Waals surface area contributed by atoms with Crippen LogP contribution >= 0.6 is 0 Å². The largest absolute Gasteiger partial charge is 0.468 e. The number of aromatic nitrogens is 3. The Balaban J connectivity index is 3.36. The zero-order chi connectivity index (χ0) is 15.3. The van der Waals surface area contributed by atoms with Gasteiger partial charge in [0, 0.05) is 0 Å². The molecule has 0 aliphatic rings. The molecule has 1 heterocycles. The molecule has 0 aromatic carbocycles. The summed E-state index contributed by atoms with van der Waals surface area (Å²) in [6.07, 6.45) is 0.538. The number of carbonyl (C=O) groups is 1. The van der Waals surface area contributed by atoms with Crippen LogP contribution in [0.1, 0.15) is 33.0 Å². The van der Waals surface area contributed by atoms with Gasteiger partial charge in [-0.1, -0.05) is 13.8 Å². The zero-order valence-corrected chi connectivity index (χ0v) is 12.8. The number of ether oxygens (including phenoxy) is 3. The van der Waals surface area contributed by atoms with Crippen molar-refractivity contribution >= 4 is 5.97 Å². The summed E-state index contributed by atoms with van der Waals surface area (Å²) >= 11 is 0. The molecule has 0 amide bonds. The minimum absolute atomic E-state index is 0.103. The summed E-state index contributed by atoms with van der Waals surface area (Å²) in [6.45, 7) is 5.76. The van der Waals surface area contributed by atoms with Crippen molar-refractivity contribution in [3.8, 4) is 12.0 Å². The van der Waals surface area contributed by atoms with Crippen LogP contribution in [0.3, 0.4) is 0 Å². The fourth-order valence-corrected chi connectivity index (χ4v) is 2.08. The number of hydrogen-bond donors (Lipinski definition) is 0. The summed E-state index contributed by atoms with van der Waals surface area (Å²) in [5.74, 6) is 0.135. The van der Waals surface area contributed by atoms with E-state index in [0.717, 1.165) is 0 Å². The van der Waals surface area contributed by atoms with E-state index in [1.54, 1.807) is 6.92 Å². The average Bonchev–Trinajstić information content (AvgIpc) is 2.44. The van der Waals surface area contributed by atoms with Crippen LogP contribution in [0.2, 0.25) is 0 Å². The highest BCUT2D eigenvalue weighted by Crippen LogP contribution is 2.31. The lowest BCUT2D eigenvalue weighted by atomic mass is 9.81. The number of methoxy groups -OCH3 is 3. The zero-order valence-electron chi connectivity index (χ0n) is 12.8. The Morgan fingerprint density at radius 3 is 1.95 bits per heavy atom. The van der Waals surface area contributed by atoms with Gasteiger partial charge >= 0.3 is 18.0 Å². The van der Waals surface area contributed by atoms with E-state index in [1.807, 2.05) is 13.8 Å². The molecule has 1 atom stereocenters. The minimum Gasteiger partial charge on any atom is -0.468 e. The molecule has 0 radical (unpaired) electrons. The molecule has 0 bridgehead atoms. The molecule has 0 saturated carbocycles. The summed E-state index contributed by atoms with van der Waals surface area (Å²) in [7, 11) is 4.23. The number of nitrogens with zero attached hydrogens (tertiary/aromatic N) is 3. The van der Waals surface area contributed by atoms with Crippen LogP contribution in [0, 0.1) is 5.92 Å². The molecule has 112 valence electrons. The Bertz CT molecular complexity index is 456. The van der Waals surface area contributed by atoms with E-state index in [-0.39, 0.29) is 23.8 Å². The topological polar surface area (TPSA) is 83.4 Å². The van der Waals surface area contributed by atoms with Crippen LogP contribution in [-0.2, 0) is 14.9 Å². The van der Waals surface area contributed by atoms with Gasteiger partial charge in [-0.3, -0.25) is 4.79 Å². The Labute approximate surface area is 118 Å². The molecule has 1 rings (SSSR count). The van der Waals surface area contributed by atoms with Crippen molar-refractivity contribution in [2.24, 2.45) is 5.92 Å². The first-order valence-electron chi connectivity index (χ1n) is 6.30. The van der Waals surface area contributed by atoms with Crippen LogP contribution in [0.4, 0.5) is 0 Å². The van der Waals surface area contributed by atoms with Gasteiger partial charge in [-0.05, 0) is 19.3 Å². The molecule has 1 unspecified atom stereocenters. The summed E-state index contributed by atoms with van der Waals surface area (Å²) in [4.78, 5) is 24.4. The third-order valence-electron chi connectivity index (χ3n) is 2.91. The van der Waals surface area contributed by atoms with Crippen molar-refractivity contribution in [2.75, 3.05) is 21.3 Å². The molecule has 0 aliphatic carbocycles. The molecule has 20 heavy (non-hydrogen) atoms. The number of carbonyl (C=O) groups excluding carboxylic acids is 1. The smallest absolute Gasteiger partial charge is 0.322 e. The lowest BCUT2D eigenvalue weighted by molar-refractivity contribution is -0.148. The second-order valence-electron chi connectivity index (χ2n) is 5.05. The van der Waals surface area contributed by atoms with E-state index in [1.165, 1.54) is 21.3 Å². The van der Waals surface area contributed by atoms with Crippen molar-refractivity contribution in [3.63, 3.8) is 0 Å². The van der Waals surface area contributed by atoms with Gasteiger partial charge in [0.1, 0.15) is 5.41 Å². The Morgan fingerprint density at radius 2 is 1.60 bits per heavy atom. The molecular formula is C13H21N3O4. The predicted octanol–water partition coefficient (Wildman–Crippen LogP) is 1.37. The molecule has 7 heteroatoms. The number of rotatable bonds is 6. The molecule has 7 nitrogen and oxygen atoms in total. The van der Waals surface area contributed by atoms with Gasteiger partial charge in [0.05, 0.1) is 21.3 Å². The van der Waals surface area contributed by atoms with Gasteiger partial charge in [0.15, 0.2) is 5.82 Å². The van der Waals surface area contributed by atoms with Crippen LogP contribution < -0.4 is 9.47 Å². The second-order valence-corrected chi connectivity index (χ2v) is 5.05. The van der Waals surface area contributed by atoms with Crippen molar-refractivity contribution < 1.29 is 19.0 Å². The average molecular weight is 283 g/mol. The van der Waals surface area contributed by atoms with Crippen LogP contribution in [-0.4, -0.2) is 42.3 Å². The molecule has 0 spiro atoms. The Kier molecular flexibility index (Phi) is 5.24. The molecular weight excluding hydrogens is 262 g/mol. The molecule has 1 aromatic heterocycles. The first kappa shape index (κ1) is 16.1. The van der Waals surface area contributed by atoms with Crippen LogP contribution in [0.5, 0.6) is 12.0 Å². The molecule has 0 N–H and O–H groups in total. The molecule has 1 aromatic rings. The third kappa shape index (κ3) is 3.34. The molecule has 0 fully saturated rings. The standard InChI is InChI=1S/C13H21N3O4/c1-8(2)7-13(3,10(17)18-4)9-14-11(19-5)16-12(15-9)20-6/h8H,7H2,1-6H3. The van der Waals surface area contributed by atoms with E-state index >= 15 is 0 Å². The van der Waals surface area contributed by atoms with E-state index in [2.05, 4.69) is 15.0 Å². The van der Waals surface area contributed by atoms with E-state index < -0.39 is 11.4 Å². The van der Waals surface area contributed by atoms with Gasteiger partial charge in [0.2, 0.25) is 0 Å². The van der Waals surface area contributed by atoms with Crippen molar-refractivity contribution in [1.29, 1.82) is 0 Å². The van der Waals surface area contributed by atoms with Crippen molar-refractivity contribution in [2.45, 2.75) is 32.6 Å². The van der Waals surface area contributed by atoms with Gasteiger partial charge in [-0.25, -0.2) is 0 Å². The highest BCUT2D eigenvalue weighted by Gasteiger charge is 2.41. The van der Waals surface area contributed by atoms with Crippen molar-refractivity contribution in [3.05, 3.63) is 5.82 Å². The van der Waals surface area contributed by atoms with E-state index in [9.17, 15) is 4.79 Å². The van der Waals surface area contributed by atoms with E-state index in [0.29, 0.717) is 6.42 Å². The number of esters is 1. The maximum absolute atomic E-state index is 12.2. The maximum Gasteiger partial charge on any atom is 0.322 e. The first-order chi connectivity index (χ1) is 9.37. The monoisotopic (exact) mass is 283 g/mol. The quantitative estimate of drug-likeness (QED) is 0.729. The Morgan fingerprint density at radius 1 is 1.10 bits per heavy atom. The summed E-state index contributed by atoms with van der Waals surface area (Å²) in [5.41, 5.74) is -0.980. The highest BCUT2D eigenvalue weighted by atomic mass is 16.5. The van der Waals surface area contributed by atoms with Crippen LogP contribution in [0.15, 0.2) is 0 Å². The van der Waals surface area contributed by atoms with Crippen LogP contribution in [0.25, 0.3) is 0 Å². The lowest BCUT2D eigenvalue weighted by Gasteiger charge is -2.26. The molecule has 0 saturated heterocycles. The highest BCUT2D eigenvalue weighted by molar-refractivity contribution is 5.81. The second kappa shape index (κ2) is 6.49. The van der Waals surface area contributed by atoms with E-state index in [4.69, 9.17) is 14.2 Å². The number of hydrogen-bond acceptors (Lipinski definition) is 7. The Hall–Kier alpha value is -1.92. The summed E-state index contributed by atoms with van der Waals surface area (Å²) in [6, 6.07) is 0.205. The first-order valence-corrected chi connectivity index (χ1v) is 6.30. The fraction of sp³-hybridized carbons (Fsp3) is 0.692. The lowest BCUT2D eigenvalue weighted by Crippen LogP contribution is -2.37. The maximum atomic E-state index is 12.2. The van der Waals surface area contributed by atoms with Gasteiger partial charge in [-0.15, -0.1) is 4.98 Å². The van der Waals surface area contributed by atoms with Gasteiger partial charge in [-0.2, -0.15) is 9.97 Å². The SMILES string of the molecule is COC(=O)C(C)(CC(C)C)c1nc(OC)nc(OC)n1. The predicted molar refractivity (Wildman–Crippen MR) is 71.8 cm³/mol. The van der Waals surface area contributed by atoms with Crippen molar-refractivity contribution in [1.82, 2.24) is 15.0 Å². The normalized spacial score (nSPS) is 13.8. The van der Waals surface area contributed by atoms with Gasteiger partial charge < -0.3 is 14.2 Å². The summed E-state index contributed by atoms with van der Waals surface area (Å²) in [5, 5.41) is 0. The third-order valence-corrected chi connectivity index (χ3v) is 2.91. The van der Waals surface area contributed by atoms with Gasteiger partial charge in [0.25, 0.3) is 0 Å². The molecule has 0 aliphatic heterocycles. The summed E-state index contributed by atoms with van der Waals surface area (Å²) < 4.78 is 14.9.